The number of benzene rings is 2. The van der Waals surface area contributed by atoms with Crippen molar-refractivity contribution in [1.29, 1.82) is 0 Å². The molecular formula is C25H24ClN7O. The molecule has 6 rings (SSSR count). The Morgan fingerprint density at radius 1 is 1.06 bits per heavy atom. The second-order valence-corrected chi connectivity index (χ2v) is 9.23. The molecule has 3 aromatic heterocycles. The number of rotatable bonds is 4. The summed E-state index contributed by atoms with van der Waals surface area (Å²) in [6.45, 7) is 4.09. The van der Waals surface area contributed by atoms with E-state index in [9.17, 15) is 0 Å². The van der Waals surface area contributed by atoms with Gasteiger partial charge >= 0.3 is 0 Å². The number of piperidine rings is 1. The van der Waals surface area contributed by atoms with Crippen molar-refractivity contribution < 1.29 is 4.74 Å². The van der Waals surface area contributed by atoms with Crippen LogP contribution < -0.4 is 4.74 Å². The van der Waals surface area contributed by atoms with Gasteiger partial charge in [-0.2, -0.15) is 5.10 Å². The minimum atomic E-state index is 0.415. The number of halogens is 1. The van der Waals surface area contributed by atoms with Gasteiger partial charge in [0.15, 0.2) is 0 Å². The molecule has 0 aliphatic carbocycles. The summed E-state index contributed by atoms with van der Waals surface area (Å²) >= 11 is 6.74. The summed E-state index contributed by atoms with van der Waals surface area (Å²) in [5.74, 6) is 2.05. The Balaban J connectivity index is 1.30. The monoisotopic (exact) mass is 473 g/mol. The van der Waals surface area contributed by atoms with Crippen molar-refractivity contribution in [3.63, 3.8) is 0 Å². The number of hydrogen-bond acceptors (Lipinski definition) is 6. The molecule has 1 N–H and O–H groups in total. The number of aromatic nitrogens is 6. The number of nitrogens with zero attached hydrogens (tertiary/aromatic N) is 6. The lowest BCUT2D eigenvalue weighted by atomic mass is 10.1. The van der Waals surface area contributed by atoms with E-state index in [0.717, 1.165) is 54.0 Å². The Morgan fingerprint density at radius 2 is 1.88 bits per heavy atom. The summed E-state index contributed by atoms with van der Waals surface area (Å²) in [5, 5.41) is 5.03. The molecule has 172 valence electrons. The van der Waals surface area contributed by atoms with Gasteiger partial charge < -0.3 is 14.6 Å². The fraction of sp³-hybridized carbons (Fsp3) is 0.280. The van der Waals surface area contributed by atoms with Crippen LogP contribution in [0.5, 0.6) is 11.5 Å². The summed E-state index contributed by atoms with van der Waals surface area (Å²) in [5.41, 5.74) is 4.78. The summed E-state index contributed by atoms with van der Waals surface area (Å²) in [6, 6.07) is 9.81. The number of aromatic amines is 1. The standard InChI is InChI=1S/C25H24ClN7O/c1-15-29-19-4-3-18(11-21(19)30-15)34-23-6-5-20-25(24(23)26)31-22(13-27-20)16-12-28-33(14-16)17-7-9-32(2)10-8-17/h3-6,11-14,17H,7-10H2,1-2H3,(H,29,30). The normalized spacial score (nSPS) is 15.4. The molecule has 34 heavy (non-hydrogen) atoms. The van der Waals surface area contributed by atoms with Gasteiger partial charge in [0.25, 0.3) is 0 Å². The number of aryl methyl sites for hydroxylation is 1. The maximum atomic E-state index is 6.74. The van der Waals surface area contributed by atoms with Gasteiger partial charge in [-0.05, 0) is 64.2 Å². The average Bonchev–Trinajstić information content (AvgIpc) is 3.47. The first kappa shape index (κ1) is 21.1. The van der Waals surface area contributed by atoms with Gasteiger partial charge in [0.2, 0.25) is 0 Å². The average molecular weight is 474 g/mol. The van der Waals surface area contributed by atoms with Gasteiger partial charge in [-0.3, -0.25) is 9.67 Å². The van der Waals surface area contributed by atoms with Gasteiger partial charge in [0.1, 0.15) is 27.9 Å². The number of H-pyrrole nitrogens is 1. The van der Waals surface area contributed by atoms with E-state index in [1.807, 2.05) is 43.5 Å². The maximum absolute atomic E-state index is 6.74. The van der Waals surface area contributed by atoms with Gasteiger partial charge in [-0.25, -0.2) is 9.97 Å². The molecule has 4 heterocycles. The number of imidazole rings is 1. The van der Waals surface area contributed by atoms with E-state index in [1.165, 1.54) is 0 Å². The first-order chi connectivity index (χ1) is 16.5. The second-order valence-electron chi connectivity index (χ2n) is 8.85. The molecule has 0 atom stereocenters. The predicted octanol–water partition coefficient (Wildman–Crippen LogP) is 5.39. The number of nitrogens with one attached hydrogen (secondary N) is 1. The topological polar surface area (TPSA) is 84.8 Å². The lowest BCUT2D eigenvalue weighted by Gasteiger charge is -2.28. The summed E-state index contributed by atoms with van der Waals surface area (Å²) < 4.78 is 8.16. The van der Waals surface area contributed by atoms with Crippen LogP contribution >= 0.6 is 11.6 Å². The van der Waals surface area contributed by atoms with Crippen LogP contribution in [-0.4, -0.2) is 54.8 Å². The molecule has 1 fully saturated rings. The summed E-state index contributed by atoms with van der Waals surface area (Å²) in [6.07, 6.45) is 7.87. The van der Waals surface area contributed by atoms with Crippen LogP contribution in [-0.2, 0) is 0 Å². The van der Waals surface area contributed by atoms with E-state index in [1.54, 1.807) is 6.20 Å². The molecule has 0 saturated carbocycles. The Labute approximate surface area is 201 Å². The zero-order chi connectivity index (χ0) is 23.2. The fourth-order valence-electron chi connectivity index (χ4n) is 4.48. The Bertz CT molecular complexity index is 1500. The highest BCUT2D eigenvalue weighted by atomic mass is 35.5. The maximum Gasteiger partial charge on any atom is 0.148 e. The lowest BCUT2D eigenvalue weighted by Crippen LogP contribution is -2.31. The van der Waals surface area contributed by atoms with Crippen molar-refractivity contribution in [2.24, 2.45) is 0 Å². The van der Waals surface area contributed by atoms with Crippen LogP contribution in [0.1, 0.15) is 24.7 Å². The minimum absolute atomic E-state index is 0.415. The third kappa shape index (κ3) is 3.89. The quantitative estimate of drug-likeness (QED) is 0.376. The van der Waals surface area contributed by atoms with Gasteiger partial charge in [0.05, 0.1) is 40.7 Å². The van der Waals surface area contributed by atoms with Gasteiger partial charge in [-0.1, -0.05) is 11.6 Å². The third-order valence-electron chi connectivity index (χ3n) is 6.38. The molecule has 0 radical (unpaired) electrons. The Morgan fingerprint density at radius 3 is 2.74 bits per heavy atom. The van der Waals surface area contributed by atoms with Crippen molar-refractivity contribution in [2.45, 2.75) is 25.8 Å². The highest BCUT2D eigenvalue weighted by molar-refractivity contribution is 6.36. The van der Waals surface area contributed by atoms with E-state index >= 15 is 0 Å². The van der Waals surface area contributed by atoms with Gasteiger partial charge in [0, 0.05) is 17.8 Å². The Hall–Kier alpha value is -3.49. The second kappa shape index (κ2) is 8.38. The van der Waals surface area contributed by atoms with Crippen LogP contribution in [0.2, 0.25) is 5.02 Å². The number of fused-ring (bicyclic) bond motifs is 2. The largest absolute Gasteiger partial charge is 0.456 e. The zero-order valence-electron chi connectivity index (χ0n) is 19.0. The van der Waals surface area contributed by atoms with E-state index in [-0.39, 0.29) is 0 Å². The lowest BCUT2D eigenvalue weighted by molar-refractivity contribution is 0.212. The summed E-state index contributed by atoms with van der Waals surface area (Å²) in [4.78, 5) is 19.4. The number of ether oxygens (including phenoxy) is 1. The summed E-state index contributed by atoms with van der Waals surface area (Å²) in [7, 11) is 2.16. The van der Waals surface area contributed by atoms with Crippen molar-refractivity contribution in [2.75, 3.05) is 20.1 Å². The zero-order valence-corrected chi connectivity index (χ0v) is 19.8. The molecule has 5 aromatic rings. The van der Waals surface area contributed by atoms with Crippen molar-refractivity contribution in [3.8, 4) is 22.8 Å². The SMILES string of the molecule is Cc1nc2ccc(Oc3ccc4ncc(-c5cnn(C6CCN(C)CC6)c5)nc4c3Cl)cc2[nH]1. The molecule has 0 amide bonds. The molecular weight excluding hydrogens is 450 g/mol. The smallest absolute Gasteiger partial charge is 0.148 e. The van der Waals surface area contributed by atoms with Crippen LogP contribution in [0.15, 0.2) is 48.9 Å². The van der Waals surface area contributed by atoms with Crippen LogP contribution in [0.4, 0.5) is 0 Å². The molecule has 9 heteroatoms. The molecule has 0 bridgehead atoms. The van der Waals surface area contributed by atoms with Crippen molar-refractivity contribution in [3.05, 3.63) is 59.8 Å². The first-order valence-corrected chi connectivity index (χ1v) is 11.7. The number of hydrogen-bond donors (Lipinski definition) is 1. The Kier molecular flexibility index (Phi) is 5.19. The van der Waals surface area contributed by atoms with Crippen molar-refractivity contribution >= 4 is 33.7 Å². The van der Waals surface area contributed by atoms with E-state index < -0.39 is 0 Å². The molecule has 1 aliphatic heterocycles. The van der Waals surface area contributed by atoms with Gasteiger partial charge in [-0.15, -0.1) is 0 Å². The fourth-order valence-corrected chi connectivity index (χ4v) is 4.72. The van der Waals surface area contributed by atoms with E-state index in [2.05, 4.69) is 42.9 Å². The number of likely N-dealkylation sites (tertiary alicyclic amines) is 1. The van der Waals surface area contributed by atoms with E-state index in [0.29, 0.717) is 33.6 Å². The highest BCUT2D eigenvalue weighted by Crippen LogP contribution is 2.36. The first-order valence-electron chi connectivity index (χ1n) is 11.4. The van der Waals surface area contributed by atoms with Crippen LogP contribution in [0, 0.1) is 6.92 Å². The molecule has 0 spiro atoms. The van der Waals surface area contributed by atoms with Crippen LogP contribution in [0.3, 0.4) is 0 Å². The highest BCUT2D eigenvalue weighted by Gasteiger charge is 2.20. The molecule has 1 saturated heterocycles. The molecule has 1 aliphatic rings. The predicted molar refractivity (Wildman–Crippen MR) is 132 cm³/mol. The van der Waals surface area contributed by atoms with Crippen molar-refractivity contribution in [1.82, 2.24) is 34.6 Å². The molecule has 8 nitrogen and oxygen atoms in total. The molecule has 2 aromatic carbocycles. The molecule has 0 unspecified atom stereocenters. The minimum Gasteiger partial charge on any atom is -0.456 e. The van der Waals surface area contributed by atoms with E-state index in [4.69, 9.17) is 21.3 Å². The van der Waals surface area contributed by atoms with Crippen LogP contribution in [0.25, 0.3) is 33.3 Å². The third-order valence-corrected chi connectivity index (χ3v) is 6.74.